The second-order valence-electron chi connectivity index (χ2n) is 37.5. The Hall–Kier alpha value is -16.7. The fourth-order valence-electron chi connectivity index (χ4n) is 21.1. The maximum Gasteiger partial charge on any atom is 0.0473 e. The summed E-state index contributed by atoms with van der Waals surface area (Å²) in [6, 6.07) is 187. The van der Waals surface area contributed by atoms with E-state index in [9.17, 15) is 0 Å². The molecule has 3 nitrogen and oxygen atoms in total. The van der Waals surface area contributed by atoms with Crippen molar-refractivity contribution in [2.45, 2.75) is 57.8 Å². The van der Waals surface area contributed by atoms with Crippen molar-refractivity contribution in [3.63, 3.8) is 0 Å². The van der Waals surface area contributed by atoms with Gasteiger partial charge in [0.25, 0.3) is 0 Å². The molecule has 24 rings (SSSR count). The summed E-state index contributed by atoms with van der Waals surface area (Å²) in [5.74, 6) is 0. The van der Waals surface area contributed by atoms with Gasteiger partial charge in [0, 0.05) is 67.4 Å². The van der Waals surface area contributed by atoms with Gasteiger partial charge in [-0.05, 0) is 288 Å². The predicted molar refractivity (Wildman–Crippen MR) is 577 cm³/mol. The number of hydrogen-bond donors (Lipinski definition) is 0. The van der Waals surface area contributed by atoms with E-state index < -0.39 is 0 Å². The van der Waals surface area contributed by atoms with Crippen LogP contribution in [-0.2, 0) is 16.2 Å². The van der Waals surface area contributed by atoms with Crippen LogP contribution in [0.25, 0.3) is 133 Å². The van der Waals surface area contributed by atoms with Crippen LogP contribution in [0.5, 0.6) is 0 Å². The van der Waals surface area contributed by atoms with Crippen LogP contribution in [0.4, 0.5) is 51.2 Å². The van der Waals surface area contributed by atoms with E-state index in [1.165, 1.54) is 167 Å². The van der Waals surface area contributed by atoms with E-state index in [2.05, 4.69) is 572 Å². The van der Waals surface area contributed by atoms with Crippen molar-refractivity contribution in [3.8, 4) is 122 Å². The third-order valence-electron chi connectivity index (χ3n) is 28.2. The van der Waals surface area contributed by atoms with Crippen LogP contribution in [-0.4, -0.2) is 0 Å². The second kappa shape index (κ2) is 36.1. The molecule has 0 N–H and O–H groups in total. The molecule has 136 heavy (non-hydrogen) atoms. The van der Waals surface area contributed by atoms with Crippen LogP contribution >= 0.6 is 0 Å². The Kier molecular flexibility index (Phi) is 22.5. The summed E-state index contributed by atoms with van der Waals surface area (Å²) in [6.45, 7) is 14.0. The van der Waals surface area contributed by atoms with Crippen LogP contribution < -0.4 is 14.7 Å². The number of nitrogens with zero attached hydrogens (tertiary/aromatic N) is 3. The highest BCUT2D eigenvalue weighted by molar-refractivity contribution is 5.98. The molecule has 3 aliphatic carbocycles. The van der Waals surface area contributed by atoms with E-state index in [0.29, 0.717) is 0 Å². The standard InChI is InChI=1S/2C45H35N.C43H33N/c1-45(2)43-21-13-12-20-41(43)42-31-39(26-27-44(42)45)46(38-24-22-35(23-25-38)32-14-6-3-7-15-32)40-29-36(33-16-8-4-9-17-33)28-37(30-40)34-18-10-5-11-19-34;1-45(2)43-19-10-9-18-41(43)42-31-40(28-29-44(42)45)46(38-24-20-34(21-25-38)32-12-5-3-6-13-32)39-26-22-35(23-27-39)37-17-11-16-36(30-37)33-14-7-4-8-15-33;1-43(2)41-18-9-8-16-39(41)40-29-36(27-28-42(40)43)44(34-23-19-31(20-24-34)30-11-4-3-5-12-30)35-25-21-33(22-26-35)38-17-10-14-32-13-6-7-15-37(32)38/h2*3-31H,1-2H3;3-29H,1-2H3. The number of hydrogen-bond acceptors (Lipinski definition) is 3. The molecule has 0 amide bonds. The Balaban J connectivity index is 0.000000118. The molecule has 0 bridgehead atoms. The lowest BCUT2D eigenvalue weighted by atomic mass is 9.82. The van der Waals surface area contributed by atoms with Crippen molar-refractivity contribution in [3.05, 3.63) is 549 Å². The topological polar surface area (TPSA) is 9.72 Å². The lowest BCUT2D eigenvalue weighted by molar-refractivity contribution is 0.660. The summed E-state index contributed by atoms with van der Waals surface area (Å²) in [5.41, 5.74) is 45.8. The van der Waals surface area contributed by atoms with Gasteiger partial charge in [0.2, 0.25) is 0 Å². The minimum atomic E-state index is -0.0413. The summed E-state index contributed by atoms with van der Waals surface area (Å²) in [6.07, 6.45) is 0. The molecule has 0 fully saturated rings. The fraction of sp³-hybridized carbons (Fsp3) is 0.0677. The molecular weight excluding hydrogens is 1640 g/mol. The van der Waals surface area contributed by atoms with E-state index in [0.717, 1.165) is 51.2 Å². The van der Waals surface area contributed by atoms with E-state index in [1.807, 2.05) is 0 Å². The summed E-state index contributed by atoms with van der Waals surface area (Å²) in [4.78, 5) is 7.19. The Morgan fingerprint density at radius 3 is 0.676 bits per heavy atom. The minimum Gasteiger partial charge on any atom is -0.310 e. The molecule has 21 aromatic rings. The molecule has 0 unspecified atom stereocenters. The maximum atomic E-state index is 2.42. The lowest BCUT2D eigenvalue weighted by Crippen LogP contribution is -2.15. The van der Waals surface area contributed by atoms with Crippen molar-refractivity contribution < 1.29 is 0 Å². The van der Waals surface area contributed by atoms with Gasteiger partial charge in [-0.25, -0.2) is 0 Å². The third-order valence-corrected chi connectivity index (χ3v) is 28.2. The van der Waals surface area contributed by atoms with Crippen molar-refractivity contribution in [2.24, 2.45) is 0 Å². The van der Waals surface area contributed by atoms with E-state index >= 15 is 0 Å². The van der Waals surface area contributed by atoms with Crippen molar-refractivity contribution in [1.82, 2.24) is 0 Å². The van der Waals surface area contributed by atoms with Crippen molar-refractivity contribution in [1.29, 1.82) is 0 Å². The van der Waals surface area contributed by atoms with Crippen LogP contribution in [0, 0.1) is 0 Å². The molecule has 0 aliphatic heterocycles. The average Bonchev–Trinajstić information content (AvgIpc) is 1.57. The van der Waals surface area contributed by atoms with E-state index in [4.69, 9.17) is 0 Å². The van der Waals surface area contributed by atoms with Crippen molar-refractivity contribution >= 4 is 62.0 Å². The van der Waals surface area contributed by atoms with Crippen LogP contribution in [0.15, 0.2) is 516 Å². The van der Waals surface area contributed by atoms with Crippen LogP contribution in [0.3, 0.4) is 0 Å². The minimum absolute atomic E-state index is 0.0211. The second-order valence-corrected chi connectivity index (χ2v) is 37.5. The first kappa shape index (κ1) is 84.8. The monoisotopic (exact) mass is 1740 g/mol. The summed E-state index contributed by atoms with van der Waals surface area (Å²) >= 11 is 0. The zero-order valence-corrected chi connectivity index (χ0v) is 77.4. The van der Waals surface area contributed by atoms with Gasteiger partial charge in [-0.3, -0.25) is 0 Å². The molecule has 3 heteroatoms. The fourth-order valence-corrected chi connectivity index (χ4v) is 21.1. The number of benzene rings is 21. The van der Waals surface area contributed by atoms with Crippen LogP contribution in [0.1, 0.15) is 74.9 Å². The predicted octanol–water partition coefficient (Wildman–Crippen LogP) is 36.9. The van der Waals surface area contributed by atoms with Gasteiger partial charge in [-0.2, -0.15) is 0 Å². The van der Waals surface area contributed by atoms with E-state index in [-0.39, 0.29) is 16.2 Å². The number of anilines is 9. The number of fused-ring (bicyclic) bond motifs is 10. The molecule has 21 aromatic carbocycles. The Morgan fingerprint density at radius 2 is 0.338 bits per heavy atom. The highest BCUT2D eigenvalue weighted by Gasteiger charge is 2.39. The van der Waals surface area contributed by atoms with Crippen molar-refractivity contribution in [2.75, 3.05) is 14.7 Å². The Bertz CT molecular complexity index is 7840. The Labute approximate surface area is 800 Å². The lowest BCUT2D eigenvalue weighted by Gasteiger charge is -2.28. The largest absolute Gasteiger partial charge is 0.310 e. The number of rotatable bonds is 17. The molecule has 650 valence electrons. The molecule has 0 radical (unpaired) electrons. The summed E-state index contributed by atoms with van der Waals surface area (Å²) in [5, 5.41) is 2.53. The average molecular weight is 1740 g/mol. The normalized spacial score (nSPS) is 12.8. The smallest absolute Gasteiger partial charge is 0.0473 e. The zero-order valence-electron chi connectivity index (χ0n) is 77.4. The zero-order chi connectivity index (χ0) is 91.9. The van der Waals surface area contributed by atoms with Gasteiger partial charge in [0.15, 0.2) is 0 Å². The SMILES string of the molecule is CC1(C)c2ccccc2-c2cc(N(c3ccc(-c4ccccc4)cc3)c3cc(-c4ccccc4)cc(-c4ccccc4)c3)ccc21.CC1(C)c2ccccc2-c2cc(N(c3ccc(-c4ccccc4)cc3)c3ccc(-c4cccc(-c5ccccc5)c4)cc3)ccc21.CC1(C)c2ccccc2-c2cc(N(c3ccc(-c4ccccc4)cc3)c3ccc(-c4cccc5ccccc45)cc3)ccc21. The quantitative estimate of drug-likeness (QED) is 0.0900. The summed E-state index contributed by atoms with van der Waals surface area (Å²) < 4.78 is 0. The molecule has 0 spiro atoms. The molecule has 0 aromatic heterocycles. The summed E-state index contributed by atoms with van der Waals surface area (Å²) in [7, 11) is 0. The molecule has 0 saturated carbocycles. The molecule has 0 atom stereocenters. The highest BCUT2D eigenvalue weighted by atomic mass is 15.2. The third kappa shape index (κ3) is 16.3. The molecular formula is C133H103N3. The maximum absolute atomic E-state index is 2.42. The molecule has 3 aliphatic rings. The molecule has 0 saturated heterocycles. The first-order valence-electron chi connectivity index (χ1n) is 47.4. The first-order chi connectivity index (χ1) is 66.7. The van der Waals surface area contributed by atoms with Crippen LogP contribution in [0.2, 0.25) is 0 Å². The van der Waals surface area contributed by atoms with Gasteiger partial charge in [0.05, 0.1) is 0 Å². The van der Waals surface area contributed by atoms with Gasteiger partial charge in [-0.1, -0.05) is 436 Å². The highest BCUT2D eigenvalue weighted by Crippen LogP contribution is 2.56. The van der Waals surface area contributed by atoms with Gasteiger partial charge in [-0.15, -0.1) is 0 Å². The van der Waals surface area contributed by atoms with Gasteiger partial charge < -0.3 is 14.7 Å². The van der Waals surface area contributed by atoms with Gasteiger partial charge >= 0.3 is 0 Å². The van der Waals surface area contributed by atoms with Gasteiger partial charge in [0.1, 0.15) is 0 Å². The first-order valence-corrected chi connectivity index (χ1v) is 47.4. The molecule has 0 heterocycles. The van der Waals surface area contributed by atoms with E-state index in [1.54, 1.807) is 0 Å². The Morgan fingerprint density at radius 1 is 0.125 bits per heavy atom.